The molecule has 1 aliphatic heterocycles. The highest BCUT2D eigenvalue weighted by atomic mass is 16.7. The number of hydrogen-bond donors (Lipinski definition) is 1. The van der Waals surface area contributed by atoms with E-state index in [4.69, 9.17) is 14.2 Å². The Balaban J connectivity index is 1.34. The predicted octanol–water partition coefficient (Wildman–Crippen LogP) is 1.82. The zero-order valence-electron chi connectivity index (χ0n) is 14.1. The molecule has 0 saturated heterocycles. The average molecular weight is 355 g/mol. The van der Waals surface area contributed by atoms with Gasteiger partial charge in [0.05, 0.1) is 7.11 Å². The molecule has 0 spiro atoms. The number of aromatic nitrogens is 4. The summed E-state index contributed by atoms with van der Waals surface area (Å²) < 4.78 is 17.3. The van der Waals surface area contributed by atoms with E-state index in [0.717, 1.165) is 0 Å². The van der Waals surface area contributed by atoms with Gasteiger partial charge in [-0.05, 0) is 24.6 Å². The van der Waals surface area contributed by atoms with Crippen LogP contribution >= 0.6 is 0 Å². The Bertz CT molecular complexity index is 955. The molecule has 0 atom stereocenters. The van der Waals surface area contributed by atoms with E-state index in [1.54, 1.807) is 42.0 Å². The van der Waals surface area contributed by atoms with Crippen molar-refractivity contribution < 1.29 is 19.0 Å². The average Bonchev–Trinajstić information content (AvgIpc) is 3.27. The highest BCUT2D eigenvalue weighted by molar-refractivity contribution is 5.91. The van der Waals surface area contributed by atoms with Crippen LogP contribution in [0.5, 0.6) is 17.4 Å². The number of hydrogen-bond acceptors (Lipinski definition) is 7. The van der Waals surface area contributed by atoms with Crippen LogP contribution in [-0.4, -0.2) is 39.6 Å². The Kier molecular flexibility index (Phi) is 4.26. The molecule has 2 aromatic heterocycles. The van der Waals surface area contributed by atoms with Gasteiger partial charge in [-0.25, -0.2) is 0 Å². The Morgan fingerprint density at radius 3 is 3.00 bits per heavy atom. The molecule has 1 amide bonds. The SMILES string of the molecule is COc1ccc2nnc(CCCC(=O)Nc3ccc4c(c3)OCO4)n2n1. The number of aryl methyl sites for hydroxylation is 1. The number of nitrogens with one attached hydrogen (secondary N) is 1. The summed E-state index contributed by atoms with van der Waals surface area (Å²) in [5.74, 6) is 2.42. The van der Waals surface area contributed by atoms with Gasteiger partial charge in [-0.15, -0.1) is 15.3 Å². The summed E-state index contributed by atoms with van der Waals surface area (Å²) in [4.78, 5) is 12.1. The van der Waals surface area contributed by atoms with Gasteiger partial charge in [-0.2, -0.15) is 4.52 Å². The lowest BCUT2D eigenvalue weighted by atomic mass is 10.2. The molecule has 0 radical (unpaired) electrons. The molecule has 0 bridgehead atoms. The highest BCUT2D eigenvalue weighted by Gasteiger charge is 2.14. The maximum atomic E-state index is 12.1. The lowest BCUT2D eigenvalue weighted by molar-refractivity contribution is -0.116. The summed E-state index contributed by atoms with van der Waals surface area (Å²) in [6.45, 7) is 0.206. The lowest BCUT2D eigenvalue weighted by Gasteiger charge is -2.06. The number of amides is 1. The number of rotatable bonds is 6. The molecule has 9 heteroatoms. The maximum Gasteiger partial charge on any atom is 0.231 e. The predicted molar refractivity (Wildman–Crippen MR) is 91.5 cm³/mol. The number of carbonyl (C=O) groups is 1. The normalized spacial score (nSPS) is 12.3. The molecule has 3 heterocycles. The minimum Gasteiger partial charge on any atom is -0.480 e. The van der Waals surface area contributed by atoms with Gasteiger partial charge in [0.1, 0.15) is 0 Å². The first-order valence-corrected chi connectivity index (χ1v) is 8.18. The fourth-order valence-electron chi connectivity index (χ4n) is 2.69. The molecule has 0 saturated carbocycles. The third-order valence-corrected chi connectivity index (χ3v) is 3.97. The zero-order chi connectivity index (χ0) is 17.9. The van der Waals surface area contributed by atoms with Crippen molar-refractivity contribution in [2.24, 2.45) is 0 Å². The molecule has 1 aliphatic rings. The van der Waals surface area contributed by atoms with E-state index in [9.17, 15) is 4.79 Å². The van der Waals surface area contributed by atoms with E-state index < -0.39 is 0 Å². The van der Waals surface area contributed by atoms with Crippen LogP contribution in [0, 0.1) is 0 Å². The molecule has 0 aliphatic carbocycles. The summed E-state index contributed by atoms with van der Waals surface area (Å²) in [5, 5.41) is 15.3. The maximum absolute atomic E-state index is 12.1. The molecule has 1 N–H and O–H groups in total. The van der Waals surface area contributed by atoms with Gasteiger partial charge in [0.2, 0.25) is 18.6 Å². The number of benzene rings is 1. The van der Waals surface area contributed by atoms with E-state index in [1.807, 2.05) is 0 Å². The minimum absolute atomic E-state index is 0.0803. The van der Waals surface area contributed by atoms with E-state index >= 15 is 0 Å². The summed E-state index contributed by atoms with van der Waals surface area (Å²) in [6.07, 6.45) is 1.55. The topological polar surface area (TPSA) is 99.9 Å². The second kappa shape index (κ2) is 6.87. The molecule has 0 unspecified atom stereocenters. The van der Waals surface area contributed by atoms with Gasteiger partial charge >= 0.3 is 0 Å². The zero-order valence-corrected chi connectivity index (χ0v) is 14.1. The minimum atomic E-state index is -0.0803. The van der Waals surface area contributed by atoms with Crippen molar-refractivity contribution in [2.75, 3.05) is 19.2 Å². The van der Waals surface area contributed by atoms with Crippen LogP contribution in [0.2, 0.25) is 0 Å². The second-order valence-electron chi connectivity index (χ2n) is 5.73. The first-order chi connectivity index (χ1) is 12.7. The highest BCUT2D eigenvalue weighted by Crippen LogP contribution is 2.34. The number of anilines is 1. The van der Waals surface area contributed by atoms with Crippen LogP contribution in [0.1, 0.15) is 18.7 Å². The number of ether oxygens (including phenoxy) is 3. The molecule has 4 rings (SSSR count). The summed E-state index contributed by atoms with van der Waals surface area (Å²) in [7, 11) is 1.55. The standard InChI is InChI=1S/C17H17N5O4/c1-24-17-8-7-15-20-19-14(22(15)21-17)3-2-4-16(23)18-11-5-6-12-13(9-11)26-10-25-12/h5-9H,2-4,10H2,1H3,(H,18,23). The molecule has 1 aromatic carbocycles. The third-order valence-electron chi connectivity index (χ3n) is 3.97. The van der Waals surface area contributed by atoms with Gasteiger partial charge in [-0.1, -0.05) is 0 Å². The molecule has 9 nitrogen and oxygen atoms in total. The van der Waals surface area contributed by atoms with Gasteiger partial charge in [-0.3, -0.25) is 4.79 Å². The van der Waals surface area contributed by atoms with Crippen LogP contribution in [0.3, 0.4) is 0 Å². The Hall–Kier alpha value is -3.36. The van der Waals surface area contributed by atoms with Crippen LogP contribution in [0.15, 0.2) is 30.3 Å². The van der Waals surface area contributed by atoms with Crippen molar-refractivity contribution >= 4 is 17.2 Å². The van der Waals surface area contributed by atoms with E-state index in [2.05, 4.69) is 20.6 Å². The van der Waals surface area contributed by atoms with Crippen LogP contribution in [0.4, 0.5) is 5.69 Å². The quantitative estimate of drug-likeness (QED) is 0.720. The summed E-state index contributed by atoms with van der Waals surface area (Å²) in [5.41, 5.74) is 1.32. The fraction of sp³-hybridized carbons (Fsp3) is 0.294. The summed E-state index contributed by atoms with van der Waals surface area (Å²) >= 11 is 0. The monoisotopic (exact) mass is 355 g/mol. The lowest BCUT2D eigenvalue weighted by Crippen LogP contribution is -2.12. The smallest absolute Gasteiger partial charge is 0.231 e. The number of carbonyl (C=O) groups excluding carboxylic acids is 1. The van der Waals surface area contributed by atoms with Crippen molar-refractivity contribution in [1.29, 1.82) is 0 Å². The molecule has 0 fully saturated rings. The van der Waals surface area contributed by atoms with Gasteiger partial charge < -0.3 is 19.5 Å². The van der Waals surface area contributed by atoms with Crippen LogP contribution in [0.25, 0.3) is 5.65 Å². The van der Waals surface area contributed by atoms with Gasteiger partial charge in [0.25, 0.3) is 0 Å². The molecular weight excluding hydrogens is 338 g/mol. The van der Waals surface area contributed by atoms with Crippen LogP contribution < -0.4 is 19.5 Å². The molecule has 3 aromatic rings. The Morgan fingerprint density at radius 1 is 1.23 bits per heavy atom. The van der Waals surface area contributed by atoms with Gasteiger partial charge in [0.15, 0.2) is 23.0 Å². The molecule has 134 valence electrons. The first kappa shape index (κ1) is 16.1. The van der Waals surface area contributed by atoms with E-state index in [0.29, 0.717) is 53.8 Å². The number of methoxy groups -OCH3 is 1. The molecule has 26 heavy (non-hydrogen) atoms. The van der Waals surface area contributed by atoms with Crippen LogP contribution in [-0.2, 0) is 11.2 Å². The molecular formula is C17H17N5O4. The largest absolute Gasteiger partial charge is 0.480 e. The van der Waals surface area contributed by atoms with E-state index in [1.165, 1.54) is 0 Å². The fourth-order valence-corrected chi connectivity index (χ4v) is 2.69. The number of nitrogens with zero attached hydrogens (tertiary/aromatic N) is 4. The van der Waals surface area contributed by atoms with Gasteiger partial charge in [0, 0.05) is 30.7 Å². The third kappa shape index (κ3) is 3.23. The first-order valence-electron chi connectivity index (χ1n) is 8.18. The van der Waals surface area contributed by atoms with E-state index in [-0.39, 0.29) is 12.7 Å². The van der Waals surface area contributed by atoms with Crippen molar-refractivity contribution in [3.8, 4) is 17.4 Å². The Morgan fingerprint density at radius 2 is 2.12 bits per heavy atom. The van der Waals surface area contributed by atoms with Crippen molar-refractivity contribution in [2.45, 2.75) is 19.3 Å². The van der Waals surface area contributed by atoms with Crippen molar-refractivity contribution in [1.82, 2.24) is 19.8 Å². The van der Waals surface area contributed by atoms with Crippen molar-refractivity contribution in [3.05, 3.63) is 36.2 Å². The number of fused-ring (bicyclic) bond motifs is 2. The summed E-state index contributed by atoms with van der Waals surface area (Å²) in [6, 6.07) is 8.83. The van der Waals surface area contributed by atoms with Crippen molar-refractivity contribution in [3.63, 3.8) is 0 Å². The Labute approximate surface area is 148 Å². The second-order valence-corrected chi connectivity index (χ2v) is 5.73.